The van der Waals surface area contributed by atoms with Gasteiger partial charge in [0.2, 0.25) is 0 Å². The van der Waals surface area contributed by atoms with E-state index in [1.54, 1.807) is 6.92 Å². The number of nitrogens with zero attached hydrogens (tertiary/aromatic N) is 2. The molecule has 1 amide bonds. The lowest BCUT2D eigenvalue weighted by atomic mass is 10.1. The summed E-state index contributed by atoms with van der Waals surface area (Å²) in [7, 11) is 1.30. The van der Waals surface area contributed by atoms with Crippen LogP contribution in [0.3, 0.4) is 0 Å². The van der Waals surface area contributed by atoms with Gasteiger partial charge in [0, 0.05) is 13.1 Å². The molecule has 1 rings (SSSR count). The summed E-state index contributed by atoms with van der Waals surface area (Å²) in [6.07, 6.45) is 0.716. The maximum Gasteiger partial charge on any atom is 0.310 e. The van der Waals surface area contributed by atoms with Gasteiger partial charge in [-0.1, -0.05) is 38.4 Å². The fourth-order valence-corrected chi connectivity index (χ4v) is 3.01. The Balaban J connectivity index is 2.95. The standard InChI is InChI=1S/C19H28ClFN2O3/c1-5-22(6-2)11-8-12-23(13-14(3)19(25)26-4)18(24)17-15(20)9-7-10-16(17)21/h7,9-10,14H,5-6,8,11-13H2,1-4H3. The number of halogens is 2. The van der Waals surface area contributed by atoms with E-state index in [-0.39, 0.29) is 17.1 Å². The SMILES string of the molecule is CCN(CC)CCCN(CC(C)C(=O)OC)C(=O)c1c(F)cccc1Cl. The van der Waals surface area contributed by atoms with Crippen LogP contribution < -0.4 is 0 Å². The van der Waals surface area contributed by atoms with E-state index in [0.717, 1.165) is 19.6 Å². The van der Waals surface area contributed by atoms with Crippen molar-refractivity contribution in [3.8, 4) is 0 Å². The number of amides is 1. The van der Waals surface area contributed by atoms with Crippen LogP contribution in [0.2, 0.25) is 5.02 Å². The Labute approximate surface area is 160 Å². The zero-order valence-electron chi connectivity index (χ0n) is 15.9. The largest absolute Gasteiger partial charge is 0.469 e. The van der Waals surface area contributed by atoms with E-state index in [2.05, 4.69) is 18.7 Å². The predicted octanol–water partition coefficient (Wildman–Crippen LogP) is 3.46. The fraction of sp³-hybridized carbons (Fsp3) is 0.579. The van der Waals surface area contributed by atoms with Gasteiger partial charge in [0.1, 0.15) is 5.82 Å². The van der Waals surface area contributed by atoms with Crippen LogP contribution in [-0.2, 0) is 9.53 Å². The molecule has 0 aliphatic heterocycles. The maximum absolute atomic E-state index is 14.2. The summed E-state index contributed by atoms with van der Waals surface area (Å²) < 4.78 is 18.9. The van der Waals surface area contributed by atoms with Gasteiger partial charge in [0.25, 0.3) is 5.91 Å². The topological polar surface area (TPSA) is 49.9 Å². The number of methoxy groups -OCH3 is 1. The molecular formula is C19H28ClFN2O3. The quantitative estimate of drug-likeness (QED) is 0.578. The lowest BCUT2D eigenvalue weighted by molar-refractivity contribution is -0.145. The lowest BCUT2D eigenvalue weighted by Crippen LogP contribution is -2.39. The molecule has 0 fully saturated rings. The van der Waals surface area contributed by atoms with Gasteiger partial charge in [-0.2, -0.15) is 0 Å². The number of hydrogen-bond donors (Lipinski definition) is 0. The summed E-state index contributed by atoms with van der Waals surface area (Å²) in [5.74, 6) is -2.10. The molecule has 146 valence electrons. The summed E-state index contributed by atoms with van der Waals surface area (Å²) in [6, 6.07) is 4.14. The van der Waals surface area contributed by atoms with Crippen LogP contribution in [-0.4, -0.2) is 61.5 Å². The van der Waals surface area contributed by atoms with Gasteiger partial charge in [-0.3, -0.25) is 9.59 Å². The van der Waals surface area contributed by atoms with E-state index in [1.807, 2.05) is 0 Å². The number of benzene rings is 1. The first-order chi connectivity index (χ1) is 12.3. The minimum Gasteiger partial charge on any atom is -0.469 e. The Kier molecular flexibility index (Phi) is 9.59. The monoisotopic (exact) mass is 386 g/mol. The number of hydrogen-bond acceptors (Lipinski definition) is 4. The van der Waals surface area contributed by atoms with Crippen LogP contribution in [0.25, 0.3) is 0 Å². The number of carbonyl (C=O) groups excluding carboxylic acids is 2. The van der Waals surface area contributed by atoms with Crippen LogP contribution in [0.4, 0.5) is 4.39 Å². The molecule has 0 saturated heterocycles. The van der Waals surface area contributed by atoms with Crippen LogP contribution in [0.5, 0.6) is 0 Å². The molecule has 0 N–H and O–H groups in total. The van der Waals surface area contributed by atoms with Crippen molar-refractivity contribution in [3.05, 3.63) is 34.6 Å². The van der Waals surface area contributed by atoms with Crippen LogP contribution >= 0.6 is 11.6 Å². The highest BCUT2D eigenvalue weighted by Crippen LogP contribution is 2.21. The first-order valence-corrected chi connectivity index (χ1v) is 9.26. The number of rotatable bonds is 10. The molecule has 0 aliphatic rings. The third-order valence-corrected chi connectivity index (χ3v) is 4.67. The van der Waals surface area contributed by atoms with Gasteiger partial charge in [-0.05, 0) is 38.2 Å². The van der Waals surface area contributed by atoms with Crippen molar-refractivity contribution in [2.24, 2.45) is 5.92 Å². The summed E-state index contributed by atoms with van der Waals surface area (Å²) in [5.41, 5.74) is -0.158. The minimum atomic E-state index is -0.665. The van der Waals surface area contributed by atoms with Crippen LogP contribution in [0, 0.1) is 11.7 Å². The number of esters is 1. The Morgan fingerprint density at radius 3 is 2.42 bits per heavy atom. The maximum atomic E-state index is 14.2. The average molecular weight is 387 g/mol. The highest BCUT2D eigenvalue weighted by atomic mass is 35.5. The number of ether oxygens (including phenoxy) is 1. The van der Waals surface area contributed by atoms with Crippen molar-refractivity contribution >= 4 is 23.5 Å². The highest BCUT2D eigenvalue weighted by Gasteiger charge is 2.26. The van der Waals surface area contributed by atoms with Crippen molar-refractivity contribution < 1.29 is 18.7 Å². The second kappa shape index (κ2) is 11.1. The zero-order valence-corrected chi connectivity index (χ0v) is 16.7. The molecule has 1 aromatic rings. The molecule has 1 aromatic carbocycles. The molecule has 0 spiro atoms. The molecule has 1 atom stereocenters. The molecular weight excluding hydrogens is 359 g/mol. The third kappa shape index (κ3) is 6.25. The van der Waals surface area contributed by atoms with E-state index < -0.39 is 23.6 Å². The van der Waals surface area contributed by atoms with Crippen molar-refractivity contribution in [1.29, 1.82) is 0 Å². The number of carbonyl (C=O) groups is 2. The normalized spacial score (nSPS) is 12.1. The third-order valence-electron chi connectivity index (χ3n) is 4.36. The van der Waals surface area contributed by atoms with Gasteiger partial charge in [0.15, 0.2) is 0 Å². The Bertz CT molecular complexity index is 588. The van der Waals surface area contributed by atoms with Crippen LogP contribution in [0.1, 0.15) is 37.6 Å². The molecule has 0 saturated carbocycles. The second-order valence-corrected chi connectivity index (χ2v) is 6.56. The molecule has 5 nitrogen and oxygen atoms in total. The molecule has 26 heavy (non-hydrogen) atoms. The lowest BCUT2D eigenvalue weighted by Gasteiger charge is -2.27. The molecule has 0 aliphatic carbocycles. The average Bonchev–Trinajstić information content (AvgIpc) is 2.63. The predicted molar refractivity (Wildman–Crippen MR) is 101 cm³/mol. The summed E-state index contributed by atoms with van der Waals surface area (Å²) >= 11 is 6.04. The van der Waals surface area contributed by atoms with E-state index in [1.165, 1.54) is 30.2 Å². The van der Waals surface area contributed by atoms with Gasteiger partial charge in [-0.15, -0.1) is 0 Å². The fourth-order valence-electron chi connectivity index (χ4n) is 2.77. The second-order valence-electron chi connectivity index (χ2n) is 6.15. The van der Waals surface area contributed by atoms with Crippen molar-refractivity contribution in [2.45, 2.75) is 27.2 Å². The minimum absolute atomic E-state index is 0.0643. The summed E-state index contributed by atoms with van der Waals surface area (Å²) in [4.78, 5) is 28.3. The van der Waals surface area contributed by atoms with Crippen molar-refractivity contribution in [3.63, 3.8) is 0 Å². The van der Waals surface area contributed by atoms with Gasteiger partial charge in [-0.25, -0.2) is 4.39 Å². The molecule has 7 heteroatoms. The van der Waals surface area contributed by atoms with Crippen molar-refractivity contribution in [2.75, 3.05) is 39.8 Å². The first kappa shape index (κ1) is 22.4. The smallest absolute Gasteiger partial charge is 0.310 e. The van der Waals surface area contributed by atoms with E-state index >= 15 is 0 Å². The Morgan fingerprint density at radius 1 is 1.23 bits per heavy atom. The summed E-state index contributed by atoms with van der Waals surface area (Å²) in [5, 5.41) is 0.0643. The van der Waals surface area contributed by atoms with Gasteiger partial charge < -0.3 is 14.5 Å². The Hall–Kier alpha value is -1.66. The summed E-state index contributed by atoms with van der Waals surface area (Å²) in [6.45, 7) is 9.03. The molecule has 0 aromatic heterocycles. The molecule has 1 unspecified atom stereocenters. The molecule has 0 bridgehead atoms. The van der Waals surface area contributed by atoms with Crippen molar-refractivity contribution in [1.82, 2.24) is 9.80 Å². The van der Waals surface area contributed by atoms with Crippen LogP contribution in [0.15, 0.2) is 18.2 Å². The van der Waals surface area contributed by atoms with E-state index in [9.17, 15) is 14.0 Å². The van der Waals surface area contributed by atoms with E-state index in [0.29, 0.717) is 13.0 Å². The van der Waals surface area contributed by atoms with Gasteiger partial charge >= 0.3 is 5.97 Å². The molecule has 0 heterocycles. The Morgan fingerprint density at radius 2 is 1.88 bits per heavy atom. The van der Waals surface area contributed by atoms with E-state index in [4.69, 9.17) is 16.3 Å². The first-order valence-electron chi connectivity index (χ1n) is 8.89. The molecule has 0 radical (unpaired) electrons. The zero-order chi connectivity index (χ0) is 19.7. The highest BCUT2D eigenvalue weighted by molar-refractivity contribution is 6.33. The van der Waals surface area contributed by atoms with Gasteiger partial charge in [0.05, 0.1) is 23.6 Å².